The maximum atomic E-state index is 9.84. The zero-order valence-corrected chi connectivity index (χ0v) is 10.9. The van der Waals surface area contributed by atoms with Crippen molar-refractivity contribution in [3.05, 3.63) is 18.3 Å². The third kappa shape index (κ3) is 2.04. The highest BCUT2D eigenvalue weighted by Crippen LogP contribution is 2.50. The van der Waals surface area contributed by atoms with Crippen molar-refractivity contribution in [2.45, 2.75) is 42.4 Å². The van der Waals surface area contributed by atoms with Crippen molar-refractivity contribution in [1.82, 2.24) is 4.98 Å². The molecule has 1 saturated heterocycles. The van der Waals surface area contributed by atoms with E-state index >= 15 is 0 Å². The second kappa shape index (κ2) is 4.18. The van der Waals surface area contributed by atoms with Crippen LogP contribution in [0.1, 0.15) is 25.7 Å². The van der Waals surface area contributed by atoms with E-state index in [2.05, 4.69) is 22.0 Å². The normalized spacial score (nSPS) is 26.2. The topological polar surface area (TPSA) is 36.4 Å². The first kappa shape index (κ1) is 11.4. The second-order valence-electron chi connectivity index (χ2n) is 5.09. The summed E-state index contributed by atoms with van der Waals surface area (Å²) in [6, 6.07) is 4.20. The molecule has 1 aliphatic carbocycles. The molecule has 0 aromatic carbocycles. The number of thioether (sulfide) groups is 1. The van der Waals surface area contributed by atoms with Crippen LogP contribution in [-0.2, 0) is 0 Å². The van der Waals surface area contributed by atoms with E-state index in [0.29, 0.717) is 5.54 Å². The molecule has 0 amide bonds. The van der Waals surface area contributed by atoms with Gasteiger partial charge in [0.05, 0.1) is 23.0 Å². The Morgan fingerprint density at radius 2 is 2.24 bits per heavy atom. The summed E-state index contributed by atoms with van der Waals surface area (Å²) < 4.78 is 0. The average Bonchev–Trinajstić information content (AvgIpc) is 3.14. The third-order valence-corrected chi connectivity index (χ3v) is 4.64. The molecule has 0 unspecified atom stereocenters. The Labute approximate surface area is 106 Å². The van der Waals surface area contributed by atoms with E-state index in [1.807, 2.05) is 12.5 Å². The van der Waals surface area contributed by atoms with Gasteiger partial charge in [-0.2, -0.15) is 0 Å². The van der Waals surface area contributed by atoms with Crippen LogP contribution >= 0.6 is 11.8 Å². The lowest BCUT2D eigenvalue weighted by Crippen LogP contribution is -2.47. The van der Waals surface area contributed by atoms with Gasteiger partial charge in [-0.3, -0.25) is 0 Å². The lowest BCUT2D eigenvalue weighted by molar-refractivity contribution is 0.138. The number of rotatable bonds is 2. The number of hydrogen-bond acceptors (Lipinski definition) is 4. The number of hydrogen-bond donors (Lipinski definition) is 1. The van der Waals surface area contributed by atoms with Gasteiger partial charge in [0.2, 0.25) is 0 Å². The van der Waals surface area contributed by atoms with Crippen molar-refractivity contribution in [1.29, 1.82) is 0 Å². The van der Waals surface area contributed by atoms with Crippen LogP contribution in [0.3, 0.4) is 0 Å². The quantitative estimate of drug-likeness (QED) is 0.817. The molecule has 2 aliphatic rings. The molecule has 2 heterocycles. The molecule has 1 spiro atoms. The molecule has 2 fully saturated rings. The van der Waals surface area contributed by atoms with E-state index < -0.39 is 0 Å². The standard InChI is InChI=1S/C13H18N2OS/c1-17-12-3-2-10(8-14-12)15-9-11(16)4-5-13(15)6-7-13/h2-3,8,11,16H,4-7,9H2,1H3/t11-/m0/s1. The summed E-state index contributed by atoms with van der Waals surface area (Å²) in [6.45, 7) is 0.764. The number of β-amino-alcohol motifs (C(OH)–C–C–N with tert-alkyl or cyclic N) is 1. The number of nitrogens with zero attached hydrogens (tertiary/aromatic N) is 2. The summed E-state index contributed by atoms with van der Waals surface area (Å²) in [4.78, 5) is 6.80. The first-order valence-corrected chi connectivity index (χ1v) is 7.42. The number of piperidine rings is 1. The van der Waals surface area contributed by atoms with E-state index in [4.69, 9.17) is 0 Å². The van der Waals surface area contributed by atoms with Crippen LogP contribution in [0.5, 0.6) is 0 Å². The van der Waals surface area contributed by atoms with Gasteiger partial charge in [-0.1, -0.05) is 0 Å². The highest BCUT2D eigenvalue weighted by Gasteiger charge is 2.50. The highest BCUT2D eigenvalue weighted by molar-refractivity contribution is 7.98. The minimum Gasteiger partial charge on any atom is -0.391 e. The maximum absolute atomic E-state index is 9.84. The molecule has 92 valence electrons. The Kier molecular flexibility index (Phi) is 2.79. The summed E-state index contributed by atoms with van der Waals surface area (Å²) in [5, 5.41) is 10.9. The SMILES string of the molecule is CSc1ccc(N2C[C@@H](O)CCC23CC3)cn1. The lowest BCUT2D eigenvalue weighted by atomic mass is 9.97. The predicted octanol–water partition coefficient (Wildman–Crippen LogP) is 2.30. The van der Waals surface area contributed by atoms with E-state index in [9.17, 15) is 5.11 Å². The van der Waals surface area contributed by atoms with Gasteiger partial charge in [0.15, 0.2) is 0 Å². The highest BCUT2D eigenvalue weighted by atomic mass is 32.2. The second-order valence-corrected chi connectivity index (χ2v) is 5.91. The number of aromatic nitrogens is 1. The molecule has 1 N–H and O–H groups in total. The zero-order valence-electron chi connectivity index (χ0n) is 10.1. The van der Waals surface area contributed by atoms with Crippen LogP contribution in [0, 0.1) is 0 Å². The summed E-state index contributed by atoms with van der Waals surface area (Å²) in [5.41, 5.74) is 1.51. The number of anilines is 1. The third-order valence-electron chi connectivity index (χ3n) is 3.98. The molecule has 17 heavy (non-hydrogen) atoms. The van der Waals surface area contributed by atoms with Gasteiger partial charge in [-0.05, 0) is 44.1 Å². The van der Waals surface area contributed by atoms with Crippen molar-refractivity contribution in [3.63, 3.8) is 0 Å². The zero-order chi connectivity index (χ0) is 11.9. The van der Waals surface area contributed by atoms with Crippen LogP contribution in [-0.4, -0.2) is 34.5 Å². The fraction of sp³-hybridized carbons (Fsp3) is 0.615. The Bertz CT molecular complexity index is 402. The van der Waals surface area contributed by atoms with E-state index in [1.165, 1.54) is 18.5 Å². The van der Waals surface area contributed by atoms with Crippen molar-refractivity contribution in [2.75, 3.05) is 17.7 Å². The molecule has 1 aromatic heterocycles. The molecule has 0 radical (unpaired) electrons. The van der Waals surface area contributed by atoms with Gasteiger partial charge >= 0.3 is 0 Å². The van der Waals surface area contributed by atoms with Gasteiger partial charge in [-0.15, -0.1) is 11.8 Å². The summed E-state index contributed by atoms with van der Waals surface area (Å²) >= 11 is 1.66. The molecule has 1 atom stereocenters. The fourth-order valence-corrected chi connectivity index (χ4v) is 3.12. The number of aliphatic hydroxyl groups is 1. The van der Waals surface area contributed by atoms with Gasteiger partial charge in [-0.25, -0.2) is 4.98 Å². The van der Waals surface area contributed by atoms with Crippen molar-refractivity contribution >= 4 is 17.4 Å². The minimum absolute atomic E-state index is 0.179. The fourth-order valence-electron chi connectivity index (χ4n) is 2.76. The average molecular weight is 250 g/mol. The Balaban J connectivity index is 1.85. The smallest absolute Gasteiger partial charge is 0.0958 e. The van der Waals surface area contributed by atoms with E-state index in [-0.39, 0.29) is 6.10 Å². The van der Waals surface area contributed by atoms with Gasteiger partial charge < -0.3 is 10.0 Å². The molecular weight excluding hydrogens is 232 g/mol. The summed E-state index contributed by atoms with van der Waals surface area (Å²) in [5.74, 6) is 0. The largest absolute Gasteiger partial charge is 0.391 e. The molecule has 3 rings (SSSR count). The maximum Gasteiger partial charge on any atom is 0.0958 e. The van der Waals surface area contributed by atoms with Crippen LogP contribution < -0.4 is 4.90 Å². The molecule has 1 aliphatic heterocycles. The van der Waals surface area contributed by atoms with Crippen LogP contribution in [0.15, 0.2) is 23.4 Å². The van der Waals surface area contributed by atoms with Crippen LogP contribution in [0.25, 0.3) is 0 Å². The molecule has 0 bridgehead atoms. The number of aliphatic hydroxyl groups excluding tert-OH is 1. The van der Waals surface area contributed by atoms with Gasteiger partial charge in [0.1, 0.15) is 0 Å². The summed E-state index contributed by atoms with van der Waals surface area (Å²) in [6.07, 6.45) is 8.42. The lowest BCUT2D eigenvalue weighted by Gasteiger charge is -2.40. The van der Waals surface area contributed by atoms with Gasteiger partial charge in [0.25, 0.3) is 0 Å². The Morgan fingerprint density at radius 3 is 2.82 bits per heavy atom. The number of pyridine rings is 1. The van der Waals surface area contributed by atoms with Crippen LogP contribution in [0.4, 0.5) is 5.69 Å². The van der Waals surface area contributed by atoms with Crippen molar-refractivity contribution in [3.8, 4) is 0 Å². The summed E-state index contributed by atoms with van der Waals surface area (Å²) in [7, 11) is 0. The minimum atomic E-state index is -0.179. The van der Waals surface area contributed by atoms with Crippen molar-refractivity contribution < 1.29 is 5.11 Å². The Morgan fingerprint density at radius 1 is 1.41 bits per heavy atom. The first-order valence-electron chi connectivity index (χ1n) is 6.19. The first-order chi connectivity index (χ1) is 8.23. The van der Waals surface area contributed by atoms with Crippen molar-refractivity contribution in [2.24, 2.45) is 0 Å². The predicted molar refractivity (Wildman–Crippen MR) is 70.6 cm³/mol. The Hall–Kier alpha value is -0.740. The van der Waals surface area contributed by atoms with Crippen LogP contribution in [0.2, 0.25) is 0 Å². The molecule has 1 saturated carbocycles. The molecular formula is C13H18N2OS. The van der Waals surface area contributed by atoms with E-state index in [1.54, 1.807) is 11.8 Å². The van der Waals surface area contributed by atoms with Gasteiger partial charge in [0, 0.05) is 12.1 Å². The molecule has 3 nitrogen and oxygen atoms in total. The molecule has 4 heteroatoms. The van der Waals surface area contributed by atoms with E-state index in [0.717, 1.165) is 24.4 Å². The molecule has 1 aromatic rings. The monoisotopic (exact) mass is 250 g/mol.